The third-order valence-corrected chi connectivity index (χ3v) is 5.11. The van der Waals surface area contributed by atoms with Crippen LogP contribution in [0.25, 0.3) is 0 Å². The highest BCUT2D eigenvalue weighted by atomic mass is 16.6. The molecule has 26 heavy (non-hydrogen) atoms. The van der Waals surface area contributed by atoms with Crippen molar-refractivity contribution in [3.63, 3.8) is 0 Å². The van der Waals surface area contributed by atoms with Crippen molar-refractivity contribution in [2.75, 3.05) is 6.61 Å². The van der Waals surface area contributed by atoms with E-state index in [9.17, 15) is 5.11 Å². The number of rotatable bonds is 7. The topological polar surface area (TPSA) is 47.9 Å². The van der Waals surface area contributed by atoms with Crippen LogP contribution in [0.3, 0.4) is 0 Å². The van der Waals surface area contributed by atoms with E-state index in [4.69, 9.17) is 14.2 Å². The van der Waals surface area contributed by atoms with Gasteiger partial charge in [-0.1, -0.05) is 60.7 Å². The lowest BCUT2D eigenvalue weighted by Crippen LogP contribution is -2.51. The first-order valence-corrected chi connectivity index (χ1v) is 9.09. The van der Waals surface area contributed by atoms with E-state index < -0.39 is 17.3 Å². The summed E-state index contributed by atoms with van der Waals surface area (Å²) in [5.74, 6) is 0. The van der Waals surface area contributed by atoms with Crippen molar-refractivity contribution >= 4 is 0 Å². The molecule has 2 aromatic carbocycles. The lowest BCUT2D eigenvalue weighted by atomic mass is 9.87. The van der Waals surface area contributed by atoms with Crippen LogP contribution in [0.2, 0.25) is 0 Å². The van der Waals surface area contributed by atoms with Crippen LogP contribution in [0.5, 0.6) is 0 Å². The summed E-state index contributed by atoms with van der Waals surface area (Å²) >= 11 is 0. The van der Waals surface area contributed by atoms with Gasteiger partial charge in [0, 0.05) is 0 Å². The maximum Gasteiger partial charge on any atom is 0.120 e. The number of aliphatic hydroxyl groups is 1. The number of ether oxygens (including phenoxy) is 3. The Balaban J connectivity index is 1.66. The molecule has 0 amide bonds. The molecule has 1 fully saturated rings. The van der Waals surface area contributed by atoms with Gasteiger partial charge in [0.1, 0.15) is 17.3 Å². The fraction of sp³-hybridized carbons (Fsp3) is 0.455. The number of hydrogen-bond donors (Lipinski definition) is 1. The minimum Gasteiger partial charge on any atom is -0.385 e. The molecule has 1 aliphatic rings. The predicted octanol–water partition coefficient (Wildman–Crippen LogP) is 3.72. The highest BCUT2D eigenvalue weighted by Crippen LogP contribution is 2.41. The summed E-state index contributed by atoms with van der Waals surface area (Å²) in [6.07, 6.45) is -0.824. The molecule has 0 radical (unpaired) electrons. The monoisotopic (exact) mass is 356 g/mol. The number of benzene rings is 2. The van der Waals surface area contributed by atoms with Crippen LogP contribution in [0.15, 0.2) is 60.7 Å². The third-order valence-electron chi connectivity index (χ3n) is 5.11. The molecule has 1 N–H and O–H groups in total. The van der Waals surface area contributed by atoms with E-state index in [-0.39, 0.29) is 6.10 Å². The first-order chi connectivity index (χ1) is 12.4. The summed E-state index contributed by atoms with van der Waals surface area (Å²) < 4.78 is 18.2. The Morgan fingerprint density at radius 1 is 0.923 bits per heavy atom. The molecule has 4 nitrogen and oxygen atoms in total. The molecular weight excluding hydrogens is 328 g/mol. The van der Waals surface area contributed by atoms with E-state index in [0.717, 1.165) is 11.1 Å². The minimum atomic E-state index is -1.08. The highest BCUT2D eigenvalue weighted by Gasteiger charge is 2.58. The van der Waals surface area contributed by atoms with Crippen molar-refractivity contribution in [1.82, 2.24) is 0 Å². The summed E-state index contributed by atoms with van der Waals surface area (Å²) in [6, 6.07) is 20.0. The molecule has 140 valence electrons. The van der Waals surface area contributed by atoms with Crippen LogP contribution >= 0.6 is 0 Å². The van der Waals surface area contributed by atoms with Crippen LogP contribution in [-0.2, 0) is 27.4 Å². The average molecular weight is 356 g/mol. The first-order valence-electron chi connectivity index (χ1n) is 9.09. The molecule has 4 heteroatoms. The minimum absolute atomic E-state index is 0.339. The second kappa shape index (κ2) is 7.89. The SMILES string of the molecule is C[C@@H]1O[C@@](C)(COCc2ccccc2)[C@H](OCc2ccccc2)[C@@]1(C)O. The molecule has 1 saturated heterocycles. The molecule has 0 spiro atoms. The van der Waals surface area contributed by atoms with Crippen LogP contribution in [0.4, 0.5) is 0 Å². The van der Waals surface area contributed by atoms with Gasteiger partial charge in [0.15, 0.2) is 0 Å². The summed E-state index contributed by atoms with van der Waals surface area (Å²) in [5.41, 5.74) is 0.373. The molecule has 0 bridgehead atoms. The second-order valence-electron chi connectivity index (χ2n) is 7.45. The van der Waals surface area contributed by atoms with Crippen LogP contribution < -0.4 is 0 Å². The van der Waals surface area contributed by atoms with Crippen molar-refractivity contribution in [3.8, 4) is 0 Å². The summed E-state index contributed by atoms with van der Waals surface area (Å²) in [6.45, 7) is 6.87. The van der Waals surface area contributed by atoms with E-state index in [2.05, 4.69) is 0 Å². The van der Waals surface area contributed by atoms with Crippen LogP contribution in [-0.4, -0.2) is 35.1 Å². The molecule has 0 aromatic heterocycles. The standard InChI is InChI=1S/C22H28O4/c1-17-22(3,23)20(25-15-19-12-8-5-9-13-19)21(2,26-17)16-24-14-18-10-6-4-7-11-18/h4-13,17,20,23H,14-16H2,1-3H3/t17-,20-,21-,22-/m0/s1. The predicted molar refractivity (Wildman–Crippen MR) is 101 cm³/mol. The van der Waals surface area contributed by atoms with Gasteiger partial charge < -0.3 is 19.3 Å². The zero-order valence-corrected chi connectivity index (χ0v) is 15.7. The molecule has 0 unspecified atom stereocenters. The zero-order valence-electron chi connectivity index (χ0n) is 15.7. The fourth-order valence-corrected chi connectivity index (χ4v) is 3.57. The highest BCUT2D eigenvalue weighted by molar-refractivity contribution is 5.15. The Morgan fingerprint density at radius 3 is 2.04 bits per heavy atom. The Hall–Kier alpha value is -1.72. The van der Waals surface area contributed by atoms with Gasteiger partial charge in [-0.25, -0.2) is 0 Å². The molecule has 4 atom stereocenters. The van der Waals surface area contributed by atoms with Crippen molar-refractivity contribution < 1.29 is 19.3 Å². The van der Waals surface area contributed by atoms with Gasteiger partial charge in [-0.05, 0) is 31.9 Å². The van der Waals surface area contributed by atoms with Gasteiger partial charge in [0.25, 0.3) is 0 Å². The van der Waals surface area contributed by atoms with Crippen molar-refractivity contribution in [2.24, 2.45) is 0 Å². The quantitative estimate of drug-likeness (QED) is 0.821. The van der Waals surface area contributed by atoms with Gasteiger partial charge in [-0.15, -0.1) is 0 Å². The lowest BCUT2D eigenvalue weighted by Gasteiger charge is -2.34. The van der Waals surface area contributed by atoms with E-state index in [1.807, 2.05) is 74.5 Å². The van der Waals surface area contributed by atoms with E-state index >= 15 is 0 Å². The molecular formula is C22H28O4. The van der Waals surface area contributed by atoms with Gasteiger partial charge in [-0.2, -0.15) is 0 Å². The third kappa shape index (κ3) is 4.15. The van der Waals surface area contributed by atoms with E-state index in [1.54, 1.807) is 6.92 Å². The van der Waals surface area contributed by atoms with Crippen molar-refractivity contribution in [3.05, 3.63) is 71.8 Å². The van der Waals surface area contributed by atoms with Crippen LogP contribution in [0.1, 0.15) is 31.9 Å². The molecule has 3 rings (SSSR count). The van der Waals surface area contributed by atoms with Gasteiger partial charge >= 0.3 is 0 Å². The maximum atomic E-state index is 10.9. The second-order valence-corrected chi connectivity index (χ2v) is 7.45. The molecule has 0 saturated carbocycles. The lowest BCUT2D eigenvalue weighted by molar-refractivity contribution is -0.143. The first kappa shape index (κ1) is 19.1. The fourth-order valence-electron chi connectivity index (χ4n) is 3.57. The summed E-state index contributed by atoms with van der Waals surface area (Å²) in [4.78, 5) is 0. The van der Waals surface area contributed by atoms with Gasteiger partial charge in [0.05, 0.1) is 25.9 Å². The Morgan fingerprint density at radius 2 is 1.46 bits per heavy atom. The summed E-state index contributed by atoms with van der Waals surface area (Å²) in [5, 5.41) is 10.9. The zero-order chi connectivity index (χ0) is 18.6. The molecule has 0 aliphatic carbocycles. The largest absolute Gasteiger partial charge is 0.385 e. The average Bonchev–Trinajstić information content (AvgIpc) is 2.80. The normalized spacial score (nSPS) is 31.2. The number of hydrogen-bond acceptors (Lipinski definition) is 4. The van der Waals surface area contributed by atoms with E-state index in [0.29, 0.717) is 19.8 Å². The molecule has 2 aromatic rings. The summed E-state index contributed by atoms with van der Waals surface area (Å²) in [7, 11) is 0. The maximum absolute atomic E-state index is 10.9. The van der Waals surface area contributed by atoms with Crippen molar-refractivity contribution in [2.45, 2.75) is 57.4 Å². The van der Waals surface area contributed by atoms with Crippen molar-refractivity contribution in [1.29, 1.82) is 0 Å². The smallest absolute Gasteiger partial charge is 0.120 e. The molecule has 1 aliphatic heterocycles. The molecule has 1 heterocycles. The Kier molecular flexibility index (Phi) is 5.78. The van der Waals surface area contributed by atoms with Gasteiger partial charge in [0.2, 0.25) is 0 Å². The van der Waals surface area contributed by atoms with Gasteiger partial charge in [-0.3, -0.25) is 0 Å². The van der Waals surface area contributed by atoms with E-state index in [1.165, 1.54) is 0 Å². The Labute approximate surface area is 155 Å². The van der Waals surface area contributed by atoms with Crippen LogP contribution in [0, 0.1) is 0 Å². The Bertz CT molecular complexity index is 686.